The Morgan fingerprint density at radius 1 is 1.40 bits per heavy atom. The van der Waals surface area contributed by atoms with Gasteiger partial charge in [0.15, 0.2) is 0 Å². The number of benzene rings is 1. The molecule has 2 rings (SSSR count). The number of carbonyl (C=O) groups is 1. The molecule has 1 aromatic rings. The van der Waals surface area contributed by atoms with Crippen molar-refractivity contribution in [3.05, 3.63) is 35.4 Å². The molecule has 0 bridgehead atoms. The number of hydrogen-bond donors (Lipinski definition) is 2. The third kappa shape index (κ3) is 5.71. The minimum atomic E-state index is -4.32. The highest BCUT2D eigenvalue weighted by Gasteiger charge is 2.34. The molecular weight excluding hydrogens is 333 g/mol. The van der Waals surface area contributed by atoms with Crippen molar-refractivity contribution in [2.45, 2.75) is 57.4 Å². The van der Waals surface area contributed by atoms with E-state index in [1.54, 1.807) is 6.07 Å². The second kappa shape index (κ2) is 8.19. The molecule has 7 heteroatoms. The van der Waals surface area contributed by atoms with Crippen LogP contribution in [0.5, 0.6) is 0 Å². The van der Waals surface area contributed by atoms with E-state index < -0.39 is 17.7 Å². The first-order valence-electron chi connectivity index (χ1n) is 8.57. The maximum Gasteiger partial charge on any atom is 0.416 e. The van der Waals surface area contributed by atoms with Crippen LogP contribution >= 0.6 is 0 Å². The van der Waals surface area contributed by atoms with Crippen molar-refractivity contribution in [1.82, 2.24) is 10.2 Å². The van der Waals surface area contributed by atoms with Gasteiger partial charge in [-0.05, 0) is 44.4 Å². The molecular formula is C18H25F3N2O2. The highest BCUT2D eigenvalue weighted by molar-refractivity contribution is 5.69. The minimum absolute atomic E-state index is 0.0493. The van der Waals surface area contributed by atoms with Gasteiger partial charge in [0.1, 0.15) is 0 Å². The highest BCUT2D eigenvalue weighted by atomic mass is 19.4. The van der Waals surface area contributed by atoms with Crippen LogP contribution in [0.15, 0.2) is 24.3 Å². The molecule has 1 saturated carbocycles. The van der Waals surface area contributed by atoms with Gasteiger partial charge in [-0.25, -0.2) is 0 Å². The predicted molar refractivity (Wildman–Crippen MR) is 89.4 cm³/mol. The number of nitrogens with one attached hydrogen (secondary N) is 1. The summed E-state index contributed by atoms with van der Waals surface area (Å²) in [6.45, 7) is 4.65. The third-order valence-corrected chi connectivity index (χ3v) is 4.69. The maximum absolute atomic E-state index is 12.8. The Bertz CT molecular complexity index is 586. The summed E-state index contributed by atoms with van der Waals surface area (Å²) in [4.78, 5) is 12.8. The summed E-state index contributed by atoms with van der Waals surface area (Å²) >= 11 is 0. The molecule has 0 aliphatic heterocycles. The van der Waals surface area contributed by atoms with E-state index in [4.69, 9.17) is 5.11 Å². The lowest BCUT2D eigenvalue weighted by molar-refractivity contribution is -0.139. The van der Waals surface area contributed by atoms with E-state index in [-0.39, 0.29) is 24.7 Å². The summed E-state index contributed by atoms with van der Waals surface area (Å²) in [5.41, 5.74) is 0.0416. The molecule has 2 N–H and O–H groups in total. The summed E-state index contributed by atoms with van der Waals surface area (Å²) < 4.78 is 38.3. The van der Waals surface area contributed by atoms with Crippen molar-refractivity contribution in [3.8, 4) is 0 Å². The molecule has 0 saturated heterocycles. The number of likely N-dealkylation sites (N-methyl/N-ethyl adjacent to an activating group) is 1. The van der Waals surface area contributed by atoms with E-state index in [2.05, 4.69) is 5.32 Å². The van der Waals surface area contributed by atoms with Crippen LogP contribution < -0.4 is 5.32 Å². The Morgan fingerprint density at radius 2 is 2.08 bits per heavy atom. The lowest BCUT2D eigenvalue weighted by Crippen LogP contribution is -2.55. The first kappa shape index (κ1) is 19.7. The second-order valence-corrected chi connectivity index (χ2v) is 6.75. The van der Waals surface area contributed by atoms with Crippen molar-refractivity contribution < 1.29 is 23.1 Å². The molecule has 1 aromatic carbocycles. The van der Waals surface area contributed by atoms with Gasteiger partial charge in [0.2, 0.25) is 0 Å². The average Bonchev–Trinajstić information content (AvgIpc) is 2.47. The van der Waals surface area contributed by atoms with Crippen LogP contribution in [0.25, 0.3) is 0 Å². The smallest absolute Gasteiger partial charge is 0.416 e. The Balaban J connectivity index is 1.81. The SMILES string of the molecule is CCN(CC(=O)O)C1CC(NC(C)Cc2cccc(C(F)(F)F)c2)C1. The number of rotatable bonds is 8. The number of hydrogen-bond acceptors (Lipinski definition) is 3. The predicted octanol–water partition coefficient (Wildman–Crippen LogP) is 3.16. The molecule has 1 fully saturated rings. The van der Waals surface area contributed by atoms with Gasteiger partial charge in [-0.15, -0.1) is 0 Å². The maximum atomic E-state index is 12.8. The van der Waals surface area contributed by atoms with E-state index >= 15 is 0 Å². The van der Waals surface area contributed by atoms with Crippen molar-refractivity contribution >= 4 is 5.97 Å². The molecule has 0 amide bonds. The zero-order valence-corrected chi connectivity index (χ0v) is 14.5. The van der Waals surface area contributed by atoms with Crippen molar-refractivity contribution in [2.75, 3.05) is 13.1 Å². The molecule has 25 heavy (non-hydrogen) atoms. The monoisotopic (exact) mass is 358 g/mol. The number of carboxylic acids is 1. The van der Waals surface area contributed by atoms with E-state index in [1.165, 1.54) is 12.1 Å². The second-order valence-electron chi connectivity index (χ2n) is 6.75. The fourth-order valence-corrected chi connectivity index (χ4v) is 3.38. The Labute approximate surface area is 146 Å². The molecule has 4 nitrogen and oxygen atoms in total. The van der Waals surface area contributed by atoms with Crippen molar-refractivity contribution in [1.29, 1.82) is 0 Å². The van der Waals surface area contributed by atoms with Gasteiger partial charge < -0.3 is 10.4 Å². The molecule has 0 heterocycles. The van der Waals surface area contributed by atoms with Crippen LogP contribution in [0.3, 0.4) is 0 Å². The fourth-order valence-electron chi connectivity index (χ4n) is 3.38. The number of halogens is 3. The molecule has 1 atom stereocenters. The number of aliphatic carboxylic acids is 1. The van der Waals surface area contributed by atoms with E-state index in [9.17, 15) is 18.0 Å². The average molecular weight is 358 g/mol. The minimum Gasteiger partial charge on any atom is -0.480 e. The van der Waals surface area contributed by atoms with Crippen molar-refractivity contribution in [3.63, 3.8) is 0 Å². The summed E-state index contributed by atoms with van der Waals surface area (Å²) in [6.07, 6.45) is -2.05. The standard InChI is InChI=1S/C18H25F3N2O2/c1-3-23(11-17(24)25)16-9-15(10-16)22-12(2)7-13-5-4-6-14(8-13)18(19,20)21/h4-6,8,12,15-16,22H,3,7,9-11H2,1-2H3,(H,24,25). The van der Waals surface area contributed by atoms with Crippen LogP contribution in [0.4, 0.5) is 13.2 Å². The van der Waals surface area contributed by atoms with Crippen LogP contribution in [-0.4, -0.2) is 47.2 Å². The van der Waals surface area contributed by atoms with Gasteiger partial charge in [0, 0.05) is 18.1 Å². The molecule has 1 unspecified atom stereocenters. The normalized spacial score (nSPS) is 21.8. The Morgan fingerprint density at radius 3 is 2.64 bits per heavy atom. The van der Waals surface area contributed by atoms with Gasteiger partial charge in [0.25, 0.3) is 0 Å². The molecule has 0 spiro atoms. The molecule has 1 aliphatic carbocycles. The number of alkyl halides is 3. The van der Waals surface area contributed by atoms with E-state index in [0.29, 0.717) is 18.5 Å². The van der Waals surface area contributed by atoms with Crippen LogP contribution in [-0.2, 0) is 17.4 Å². The lowest BCUT2D eigenvalue weighted by atomic mass is 9.84. The van der Waals surface area contributed by atoms with Crippen LogP contribution in [0, 0.1) is 0 Å². The molecule has 1 aliphatic rings. The zero-order valence-electron chi connectivity index (χ0n) is 14.5. The van der Waals surface area contributed by atoms with Gasteiger partial charge in [-0.3, -0.25) is 9.69 Å². The first-order valence-corrected chi connectivity index (χ1v) is 8.57. The van der Waals surface area contributed by atoms with Gasteiger partial charge in [-0.2, -0.15) is 13.2 Å². The largest absolute Gasteiger partial charge is 0.480 e. The summed E-state index contributed by atoms with van der Waals surface area (Å²) in [5.74, 6) is -0.823. The molecule has 140 valence electrons. The lowest BCUT2D eigenvalue weighted by Gasteiger charge is -2.43. The third-order valence-electron chi connectivity index (χ3n) is 4.69. The Kier molecular flexibility index (Phi) is 6.46. The van der Waals surface area contributed by atoms with E-state index in [0.717, 1.165) is 18.9 Å². The molecule has 0 radical (unpaired) electrons. The van der Waals surface area contributed by atoms with Gasteiger partial charge in [0.05, 0.1) is 12.1 Å². The quantitative estimate of drug-likeness (QED) is 0.750. The zero-order chi connectivity index (χ0) is 18.6. The van der Waals surface area contributed by atoms with Gasteiger partial charge >= 0.3 is 12.1 Å². The van der Waals surface area contributed by atoms with Gasteiger partial charge in [-0.1, -0.05) is 25.1 Å². The summed E-state index contributed by atoms with van der Waals surface area (Å²) in [5, 5.41) is 12.3. The Hall–Kier alpha value is -1.60. The molecule has 0 aromatic heterocycles. The summed E-state index contributed by atoms with van der Waals surface area (Å²) in [6, 6.07) is 6.04. The first-order chi connectivity index (χ1) is 11.7. The number of nitrogens with zero attached hydrogens (tertiary/aromatic N) is 1. The summed E-state index contributed by atoms with van der Waals surface area (Å²) in [7, 11) is 0. The van der Waals surface area contributed by atoms with Crippen molar-refractivity contribution in [2.24, 2.45) is 0 Å². The topological polar surface area (TPSA) is 52.6 Å². The van der Waals surface area contributed by atoms with E-state index in [1.807, 2.05) is 18.7 Å². The number of carboxylic acid groups (broad SMARTS) is 1. The highest BCUT2D eigenvalue weighted by Crippen LogP contribution is 2.30. The van der Waals surface area contributed by atoms with Crippen LogP contribution in [0.1, 0.15) is 37.8 Å². The fraction of sp³-hybridized carbons (Fsp3) is 0.611. The van der Waals surface area contributed by atoms with Crippen LogP contribution in [0.2, 0.25) is 0 Å².